The Labute approximate surface area is 195 Å². The number of benzene rings is 2. The zero-order valence-electron chi connectivity index (χ0n) is 19.4. The number of nitrogens with zero attached hydrogens (tertiary/aromatic N) is 3. The lowest BCUT2D eigenvalue weighted by Crippen LogP contribution is -2.37. The summed E-state index contributed by atoms with van der Waals surface area (Å²) >= 11 is 0. The number of furan rings is 1. The molecule has 6 rings (SSSR count). The van der Waals surface area contributed by atoms with Crippen molar-refractivity contribution in [3.05, 3.63) is 104 Å². The van der Waals surface area contributed by atoms with Crippen molar-refractivity contribution in [2.75, 3.05) is 5.32 Å². The Bertz CT molecular complexity index is 1730. The summed E-state index contributed by atoms with van der Waals surface area (Å²) in [6, 6.07) is 19.5. The summed E-state index contributed by atoms with van der Waals surface area (Å²) in [5.41, 5.74) is 5.34. The first-order valence-electron chi connectivity index (χ1n) is 11.2. The molecule has 3 aromatic heterocycles. The summed E-state index contributed by atoms with van der Waals surface area (Å²) in [6.45, 7) is 3.94. The first-order valence-corrected chi connectivity index (χ1v) is 11.2. The highest BCUT2D eigenvalue weighted by atomic mass is 16.3. The Morgan fingerprint density at radius 2 is 1.62 bits per heavy atom. The zero-order chi connectivity index (χ0) is 23.7. The van der Waals surface area contributed by atoms with E-state index in [2.05, 4.69) is 9.88 Å². The van der Waals surface area contributed by atoms with Gasteiger partial charge in [0.2, 0.25) is 0 Å². The van der Waals surface area contributed by atoms with Crippen LogP contribution in [0.5, 0.6) is 0 Å². The molecule has 0 unspecified atom stereocenters. The molecule has 7 nitrogen and oxygen atoms in total. The van der Waals surface area contributed by atoms with Gasteiger partial charge in [0.15, 0.2) is 0 Å². The number of anilines is 1. The van der Waals surface area contributed by atoms with Crippen molar-refractivity contribution in [2.45, 2.75) is 19.9 Å². The fourth-order valence-electron chi connectivity index (χ4n) is 5.13. The van der Waals surface area contributed by atoms with E-state index in [1.807, 2.05) is 74.5 Å². The van der Waals surface area contributed by atoms with Gasteiger partial charge >= 0.3 is 5.69 Å². The second kappa shape index (κ2) is 7.12. The molecule has 0 fully saturated rings. The molecule has 0 spiro atoms. The summed E-state index contributed by atoms with van der Waals surface area (Å²) in [4.78, 5) is 26.7. The van der Waals surface area contributed by atoms with Gasteiger partial charge in [0.25, 0.3) is 5.56 Å². The number of rotatable bonds is 2. The summed E-state index contributed by atoms with van der Waals surface area (Å²) in [5, 5.41) is 4.11. The van der Waals surface area contributed by atoms with Gasteiger partial charge < -0.3 is 14.3 Å². The van der Waals surface area contributed by atoms with Crippen LogP contribution in [0, 0.1) is 13.8 Å². The van der Waals surface area contributed by atoms with E-state index < -0.39 is 0 Å². The molecule has 1 aliphatic rings. The molecule has 0 aliphatic carbocycles. The van der Waals surface area contributed by atoms with Gasteiger partial charge in [-0.1, -0.05) is 36.4 Å². The highest BCUT2D eigenvalue weighted by Gasteiger charge is 2.36. The van der Waals surface area contributed by atoms with Crippen molar-refractivity contribution in [1.29, 1.82) is 0 Å². The van der Waals surface area contributed by atoms with Crippen molar-refractivity contribution < 1.29 is 4.42 Å². The van der Waals surface area contributed by atoms with Crippen molar-refractivity contribution in [1.82, 2.24) is 13.7 Å². The number of aryl methyl sites for hydroxylation is 3. The van der Waals surface area contributed by atoms with E-state index >= 15 is 0 Å². The number of hydrogen-bond acceptors (Lipinski definition) is 4. The van der Waals surface area contributed by atoms with Crippen LogP contribution in [0.4, 0.5) is 5.69 Å². The Morgan fingerprint density at radius 1 is 0.882 bits per heavy atom. The van der Waals surface area contributed by atoms with E-state index in [4.69, 9.17) is 4.42 Å². The zero-order valence-corrected chi connectivity index (χ0v) is 19.4. The number of fused-ring (bicyclic) bond motifs is 5. The number of para-hydroxylation sites is 2. The Morgan fingerprint density at radius 3 is 2.35 bits per heavy atom. The van der Waals surface area contributed by atoms with Gasteiger partial charge in [-0.2, -0.15) is 0 Å². The minimum Gasteiger partial charge on any atom is -0.464 e. The molecular formula is C27H24N4O3. The fraction of sp³-hybridized carbons (Fsp3) is 0.185. The third-order valence-electron chi connectivity index (χ3n) is 6.77. The second-order valence-corrected chi connectivity index (χ2v) is 8.86. The third-order valence-corrected chi connectivity index (χ3v) is 6.77. The molecule has 7 heteroatoms. The van der Waals surface area contributed by atoms with Crippen LogP contribution in [0.3, 0.4) is 0 Å². The van der Waals surface area contributed by atoms with Gasteiger partial charge in [-0.05, 0) is 43.7 Å². The molecule has 34 heavy (non-hydrogen) atoms. The van der Waals surface area contributed by atoms with Crippen molar-refractivity contribution in [3.8, 4) is 16.9 Å². The minimum atomic E-state index is -0.387. The lowest BCUT2D eigenvalue weighted by Gasteiger charge is -2.30. The van der Waals surface area contributed by atoms with Crippen molar-refractivity contribution in [2.24, 2.45) is 14.1 Å². The minimum absolute atomic E-state index is 0.315. The fourth-order valence-corrected chi connectivity index (χ4v) is 5.13. The van der Waals surface area contributed by atoms with Crippen LogP contribution in [-0.2, 0) is 14.1 Å². The maximum atomic E-state index is 13.7. The Balaban J connectivity index is 1.90. The van der Waals surface area contributed by atoms with E-state index in [1.165, 1.54) is 11.6 Å². The maximum absolute atomic E-state index is 13.7. The van der Waals surface area contributed by atoms with Crippen LogP contribution in [0.15, 0.2) is 74.7 Å². The Kier molecular flexibility index (Phi) is 4.26. The van der Waals surface area contributed by atoms with Gasteiger partial charge in [-0.3, -0.25) is 13.9 Å². The molecule has 1 atom stereocenters. The first-order chi connectivity index (χ1) is 16.4. The van der Waals surface area contributed by atoms with Crippen LogP contribution in [0.2, 0.25) is 0 Å². The van der Waals surface area contributed by atoms with E-state index in [1.54, 1.807) is 11.6 Å². The van der Waals surface area contributed by atoms with Gasteiger partial charge in [-0.15, -0.1) is 0 Å². The highest BCUT2D eigenvalue weighted by molar-refractivity contribution is 5.99. The molecule has 0 saturated heterocycles. The van der Waals surface area contributed by atoms with Crippen LogP contribution >= 0.6 is 0 Å². The van der Waals surface area contributed by atoms with Gasteiger partial charge in [-0.25, -0.2) is 4.79 Å². The number of nitrogens with one attached hydrogen (secondary N) is 1. The highest BCUT2D eigenvalue weighted by Crippen LogP contribution is 2.46. The topological polar surface area (TPSA) is 74.1 Å². The summed E-state index contributed by atoms with van der Waals surface area (Å²) < 4.78 is 10.9. The maximum Gasteiger partial charge on any atom is 0.331 e. The average Bonchev–Trinajstić information content (AvgIpc) is 3.43. The molecule has 5 aromatic rings. The third kappa shape index (κ3) is 2.64. The molecule has 0 amide bonds. The van der Waals surface area contributed by atoms with E-state index in [-0.39, 0.29) is 17.3 Å². The molecule has 2 aromatic carbocycles. The molecule has 170 valence electrons. The summed E-state index contributed by atoms with van der Waals surface area (Å²) in [5.74, 6) is 1.51. The predicted molar refractivity (Wildman–Crippen MR) is 133 cm³/mol. The second-order valence-electron chi connectivity index (χ2n) is 8.86. The van der Waals surface area contributed by atoms with Crippen LogP contribution in [0.25, 0.3) is 27.8 Å². The average molecular weight is 453 g/mol. The van der Waals surface area contributed by atoms with E-state index in [9.17, 15) is 9.59 Å². The van der Waals surface area contributed by atoms with Crippen LogP contribution < -0.4 is 16.6 Å². The monoisotopic (exact) mass is 452 g/mol. The van der Waals surface area contributed by atoms with Gasteiger partial charge in [0, 0.05) is 19.7 Å². The number of hydrogen-bond donors (Lipinski definition) is 1. The van der Waals surface area contributed by atoms with E-state index in [0.717, 1.165) is 45.4 Å². The molecule has 1 aliphatic heterocycles. The largest absolute Gasteiger partial charge is 0.464 e. The van der Waals surface area contributed by atoms with Gasteiger partial charge in [0.05, 0.1) is 33.7 Å². The lowest BCUT2D eigenvalue weighted by molar-refractivity contribution is 0.469. The van der Waals surface area contributed by atoms with Crippen molar-refractivity contribution >= 4 is 16.6 Å². The first kappa shape index (κ1) is 20.4. The smallest absolute Gasteiger partial charge is 0.331 e. The number of aromatic nitrogens is 3. The SMILES string of the molecule is Cc1ccc([C@H]2Nc3ccccc3-n3c(-c4ccccc4C)c4c(=O)n(C)c(=O)n(C)c4c32)o1. The van der Waals surface area contributed by atoms with Crippen molar-refractivity contribution in [3.63, 3.8) is 0 Å². The van der Waals surface area contributed by atoms with Crippen LogP contribution in [-0.4, -0.2) is 13.7 Å². The quantitative estimate of drug-likeness (QED) is 0.430. The standard InChI is InChI=1S/C27H24N4O3/c1-15-9-5-6-10-17(15)23-21-24(29(3)27(33)30(4)26(21)32)25-22(20-14-13-16(2)34-20)28-18-11-7-8-12-19(18)31(23)25/h5-14,22,28H,1-4H3/t22-/m1/s1. The summed E-state index contributed by atoms with van der Waals surface area (Å²) in [6.07, 6.45) is 0. The van der Waals surface area contributed by atoms with Gasteiger partial charge in [0.1, 0.15) is 17.6 Å². The molecule has 4 heterocycles. The van der Waals surface area contributed by atoms with E-state index in [0.29, 0.717) is 10.9 Å². The normalized spacial score (nSPS) is 14.6. The molecule has 0 radical (unpaired) electrons. The molecule has 0 saturated carbocycles. The lowest BCUT2D eigenvalue weighted by atomic mass is 10.0. The van der Waals surface area contributed by atoms with Crippen LogP contribution in [0.1, 0.15) is 28.8 Å². The molecule has 0 bridgehead atoms. The molecule has 1 N–H and O–H groups in total. The predicted octanol–water partition coefficient (Wildman–Crippen LogP) is 4.42. The Hall–Kier alpha value is -4.26. The summed E-state index contributed by atoms with van der Waals surface area (Å²) in [7, 11) is 3.25. The molecular weight excluding hydrogens is 428 g/mol.